The molecular formula is C10H15N5O4. The number of nitrogen functional groups attached to an aromatic ring is 1. The molecule has 1 aromatic rings. The Kier molecular flexibility index (Phi) is 3.76. The van der Waals surface area contributed by atoms with Crippen molar-refractivity contribution in [2.24, 2.45) is 5.92 Å². The second-order valence-electron chi connectivity index (χ2n) is 4.55. The Balaban J connectivity index is 2.20. The first-order valence-electron chi connectivity index (χ1n) is 5.83. The van der Waals surface area contributed by atoms with Gasteiger partial charge in [0.1, 0.15) is 6.33 Å². The van der Waals surface area contributed by atoms with Gasteiger partial charge in [-0.2, -0.15) is 0 Å². The molecule has 1 aliphatic rings. The predicted molar refractivity (Wildman–Crippen MR) is 66.3 cm³/mol. The van der Waals surface area contributed by atoms with Crippen LogP contribution in [0.4, 0.5) is 17.3 Å². The summed E-state index contributed by atoms with van der Waals surface area (Å²) in [4.78, 5) is 17.6. The average Bonchev–Trinajstić information content (AvgIpc) is 2.70. The lowest BCUT2D eigenvalue weighted by atomic mass is 10.1. The molecule has 3 atom stereocenters. The SMILES string of the molecule is Nc1ncnc(N[C@@H]2C[C@H](CO)C[C@H]2O)c1[N+](=O)[O-]. The molecule has 0 aromatic carbocycles. The zero-order chi connectivity index (χ0) is 14.0. The van der Waals surface area contributed by atoms with E-state index < -0.39 is 22.8 Å². The van der Waals surface area contributed by atoms with Gasteiger partial charge in [0, 0.05) is 6.61 Å². The first kappa shape index (κ1) is 13.4. The lowest BCUT2D eigenvalue weighted by Gasteiger charge is -2.16. The van der Waals surface area contributed by atoms with Crippen LogP contribution < -0.4 is 11.1 Å². The fraction of sp³-hybridized carbons (Fsp3) is 0.600. The molecule has 1 aliphatic carbocycles. The number of nitro groups is 1. The van der Waals surface area contributed by atoms with Crippen molar-refractivity contribution in [1.29, 1.82) is 0 Å². The summed E-state index contributed by atoms with van der Waals surface area (Å²) < 4.78 is 0. The van der Waals surface area contributed by atoms with Crippen molar-refractivity contribution in [3.63, 3.8) is 0 Å². The summed E-state index contributed by atoms with van der Waals surface area (Å²) in [7, 11) is 0. The zero-order valence-corrected chi connectivity index (χ0v) is 10.1. The van der Waals surface area contributed by atoms with E-state index in [-0.39, 0.29) is 24.2 Å². The number of hydrogen-bond donors (Lipinski definition) is 4. The summed E-state index contributed by atoms with van der Waals surface area (Å²) in [5.74, 6) is -0.264. The Labute approximate surface area is 108 Å². The zero-order valence-electron chi connectivity index (χ0n) is 10.1. The van der Waals surface area contributed by atoms with E-state index in [1.54, 1.807) is 0 Å². The van der Waals surface area contributed by atoms with Crippen LogP contribution in [0.2, 0.25) is 0 Å². The number of aromatic nitrogens is 2. The van der Waals surface area contributed by atoms with Crippen LogP contribution in [0.1, 0.15) is 12.8 Å². The molecule has 0 amide bonds. The molecule has 1 heterocycles. The largest absolute Gasteiger partial charge is 0.396 e. The van der Waals surface area contributed by atoms with Gasteiger partial charge in [0.15, 0.2) is 0 Å². The van der Waals surface area contributed by atoms with Gasteiger partial charge in [-0.15, -0.1) is 0 Å². The highest BCUT2D eigenvalue weighted by Crippen LogP contribution is 2.32. The van der Waals surface area contributed by atoms with E-state index in [2.05, 4.69) is 15.3 Å². The maximum absolute atomic E-state index is 10.9. The third-order valence-corrected chi connectivity index (χ3v) is 3.24. The lowest BCUT2D eigenvalue weighted by Crippen LogP contribution is -2.29. The summed E-state index contributed by atoms with van der Waals surface area (Å²) in [5.41, 5.74) is 5.05. The number of aliphatic hydroxyl groups excluding tert-OH is 2. The van der Waals surface area contributed by atoms with E-state index in [1.807, 2.05) is 0 Å². The monoisotopic (exact) mass is 269 g/mol. The average molecular weight is 269 g/mol. The van der Waals surface area contributed by atoms with Gasteiger partial charge in [-0.1, -0.05) is 0 Å². The summed E-state index contributed by atoms with van der Waals surface area (Å²) in [6, 6.07) is -0.398. The molecule has 1 saturated carbocycles. The van der Waals surface area contributed by atoms with Gasteiger partial charge < -0.3 is 21.3 Å². The first-order chi connectivity index (χ1) is 9.02. The summed E-state index contributed by atoms with van der Waals surface area (Å²) in [5, 5.41) is 32.6. The van der Waals surface area contributed by atoms with Crippen LogP contribution in [-0.2, 0) is 0 Å². The minimum atomic E-state index is -0.687. The topological polar surface area (TPSA) is 147 Å². The van der Waals surface area contributed by atoms with E-state index in [4.69, 9.17) is 10.8 Å². The smallest absolute Gasteiger partial charge is 0.352 e. The normalized spacial score (nSPS) is 26.3. The molecule has 1 aromatic heterocycles. The number of nitrogens with zero attached hydrogens (tertiary/aromatic N) is 3. The van der Waals surface area contributed by atoms with Gasteiger partial charge in [-0.3, -0.25) is 10.1 Å². The second kappa shape index (κ2) is 5.33. The molecule has 2 rings (SSSR count). The van der Waals surface area contributed by atoms with Gasteiger partial charge in [-0.25, -0.2) is 9.97 Å². The Morgan fingerprint density at radius 1 is 1.53 bits per heavy atom. The first-order valence-corrected chi connectivity index (χ1v) is 5.83. The molecule has 5 N–H and O–H groups in total. The highest BCUT2D eigenvalue weighted by Gasteiger charge is 2.34. The van der Waals surface area contributed by atoms with E-state index >= 15 is 0 Å². The minimum absolute atomic E-state index is 0.0138. The van der Waals surface area contributed by atoms with Gasteiger partial charge in [-0.05, 0) is 18.8 Å². The van der Waals surface area contributed by atoms with Crippen LogP contribution in [-0.4, -0.2) is 43.9 Å². The van der Waals surface area contributed by atoms with Crippen molar-refractivity contribution in [2.75, 3.05) is 17.7 Å². The predicted octanol–water partition coefficient (Wildman–Crippen LogP) is -0.489. The molecule has 19 heavy (non-hydrogen) atoms. The Hall–Kier alpha value is -2.00. The number of rotatable bonds is 4. The summed E-state index contributed by atoms with van der Waals surface area (Å²) in [6.45, 7) is -0.0246. The fourth-order valence-corrected chi connectivity index (χ4v) is 2.28. The quantitative estimate of drug-likeness (QED) is 0.423. The molecule has 1 fully saturated rings. The van der Waals surface area contributed by atoms with Crippen LogP contribution in [0, 0.1) is 16.0 Å². The second-order valence-corrected chi connectivity index (χ2v) is 4.55. The van der Waals surface area contributed by atoms with Crippen LogP contribution in [0.25, 0.3) is 0 Å². The molecule has 0 aliphatic heterocycles. The Morgan fingerprint density at radius 2 is 2.26 bits per heavy atom. The van der Waals surface area contributed by atoms with Crippen LogP contribution >= 0.6 is 0 Å². The molecule has 9 heteroatoms. The number of nitrogens with one attached hydrogen (secondary N) is 1. The summed E-state index contributed by atoms with van der Waals surface area (Å²) >= 11 is 0. The molecule has 0 unspecified atom stereocenters. The number of anilines is 2. The third kappa shape index (κ3) is 2.71. The van der Waals surface area contributed by atoms with E-state index in [1.165, 1.54) is 0 Å². The van der Waals surface area contributed by atoms with Crippen molar-refractivity contribution in [1.82, 2.24) is 9.97 Å². The van der Waals surface area contributed by atoms with E-state index in [9.17, 15) is 15.2 Å². The maximum atomic E-state index is 10.9. The molecule has 0 bridgehead atoms. The number of aliphatic hydroxyl groups is 2. The minimum Gasteiger partial charge on any atom is -0.396 e. The molecule has 0 radical (unpaired) electrons. The fourth-order valence-electron chi connectivity index (χ4n) is 2.28. The Morgan fingerprint density at radius 3 is 2.84 bits per heavy atom. The highest BCUT2D eigenvalue weighted by atomic mass is 16.6. The van der Waals surface area contributed by atoms with Crippen LogP contribution in [0.3, 0.4) is 0 Å². The molecule has 9 nitrogen and oxygen atoms in total. The van der Waals surface area contributed by atoms with Gasteiger partial charge >= 0.3 is 5.69 Å². The third-order valence-electron chi connectivity index (χ3n) is 3.24. The van der Waals surface area contributed by atoms with Crippen molar-refractivity contribution in [2.45, 2.75) is 25.0 Å². The summed E-state index contributed by atoms with van der Waals surface area (Å²) in [6.07, 6.45) is 1.39. The molecule has 0 spiro atoms. The van der Waals surface area contributed by atoms with Gasteiger partial charge in [0.05, 0.1) is 17.1 Å². The van der Waals surface area contributed by atoms with E-state index in [0.717, 1.165) is 6.33 Å². The number of nitrogens with two attached hydrogens (primary N) is 1. The standard InChI is InChI=1S/C10H15N5O4/c11-9-8(15(18)19)10(13-4-12-9)14-6-1-5(3-16)2-7(6)17/h4-7,16-17H,1-3H2,(H3,11,12,13,14)/t5-,6+,7+/m0/s1. The van der Waals surface area contributed by atoms with Crippen molar-refractivity contribution in [3.05, 3.63) is 16.4 Å². The van der Waals surface area contributed by atoms with E-state index in [0.29, 0.717) is 12.8 Å². The highest BCUT2D eigenvalue weighted by molar-refractivity contribution is 5.67. The molecular weight excluding hydrogens is 254 g/mol. The van der Waals surface area contributed by atoms with Crippen molar-refractivity contribution >= 4 is 17.3 Å². The van der Waals surface area contributed by atoms with Crippen LogP contribution in [0.5, 0.6) is 0 Å². The van der Waals surface area contributed by atoms with Crippen molar-refractivity contribution < 1.29 is 15.1 Å². The van der Waals surface area contributed by atoms with Crippen LogP contribution in [0.15, 0.2) is 6.33 Å². The Bertz CT molecular complexity index is 483. The molecule has 0 saturated heterocycles. The maximum Gasteiger partial charge on any atom is 0.352 e. The lowest BCUT2D eigenvalue weighted by molar-refractivity contribution is -0.383. The van der Waals surface area contributed by atoms with Crippen molar-refractivity contribution in [3.8, 4) is 0 Å². The number of hydrogen-bond acceptors (Lipinski definition) is 8. The molecule has 104 valence electrons. The van der Waals surface area contributed by atoms with Gasteiger partial charge in [0.2, 0.25) is 11.6 Å². The van der Waals surface area contributed by atoms with Gasteiger partial charge in [0.25, 0.3) is 0 Å².